The van der Waals surface area contributed by atoms with Crippen LogP contribution >= 0.6 is 0 Å². The summed E-state index contributed by atoms with van der Waals surface area (Å²) in [7, 11) is 0. The molecule has 0 atom stereocenters. The lowest BCUT2D eigenvalue weighted by Gasteiger charge is -2.36. The van der Waals surface area contributed by atoms with Crippen LogP contribution in [0.5, 0.6) is 0 Å². The number of carbonyl (C=O) groups is 1. The normalized spacial score (nSPS) is 15.4. The number of carbonyl (C=O) groups excluding carboxylic acids is 1. The SMILES string of the molecule is CC(C)(C)C(=O)Nc1ccc(N2CCN(c3cccc(C(F)(F)F)n3)CC2)cn1. The maximum absolute atomic E-state index is 12.9. The second-order valence-electron chi connectivity index (χ2n) is 7.96. The first-order chi connectivity index (χ1) is 13.5. The van der Waals surface area contributed by atoms with E-state index in [4.69, 9.17) is 0 Å². The molecule has 156 valence electrons. The molecule has 1 saturated heterocycles. The van der Waals surface area contributed by atoms with Crippen LogP contribution in [0.3, 0.4) is 0 Å². The monoisotopic (exact) mass is 407 g/mol. The zero-order valence-corrected chi connectivity index (χ0v) is 16.6. The minimum atomic E-state index is -4.45. The first kappa shape index (κ1) is 20.9. The average molecular weight is 407 g/mol. The molecule has 0 spiro atoms. The molecule has 1 amide bonds. The van der Waals surface area contributed by atoms with Crippen molar-refractivity contribution in [2.24, 2.45) is 5.41 Å². The standard InChI is InChI=1S/C20H24F3N5O/c1-19(2,3)18(29)26-16-8-7-14(13-24-16)27-9-11-28(12-10-27)17-6-4-5-15(25-17)20(21,22)23/h4-8,13H,9-12H2,1-3H3,(H,24,26,29). The third-order valence-electron chi connectivity index (χ3n) is 4.66. The van der Waals surface area contributed by atoms with Crippen molar-refractivity contribution < 1.29 is 18.0 Å². The number of alkyl halides is 3. The van der Waals surface area contributed by atoms with E-state index in [9.17, 15) is 18.0 Å². The molecule has 1 aliphatic rings. The number of hydrogen-bond acceptors (Lipinski definition) is 5. The zero-order valence-electron chi connectivity index (χ0n) is 16.6. The van der Waals surface area contributed by atoms with Crippen molar-refractivity contribution in [2.45, 2.75) is 26.9 Å². The van der Waals surface area contributed by atoms with Gasteiger partial charge in [0.2, 0.25) is 5.91 Å². The third-order valence-corrected chi connectivity index (χ3v) is 4.66. The van der Waals surface area contributed by atoms with Crippen LogP contribution in [0.2, 0.25) is 0 Å². The topological polar surface area (TPSA) is 61.4 Å². The summed E-state index contributed by atoms with van der Waals surface area (Å²) in [5.74, 6) is 0.707. The zero-order chi connectivity index (χ0) is 21.2. The molecule has 6 nitrogen and oxygen atoms in total. The van der Waals surface area contributed by atoms with E-state index in [0.29, 0.717) is 37.8 Å². The van der Waals surface area contributed by atoms with Gasteiger partial charge in [0.05, 0.1) is 11.9 Å². The van der Waals surface area contributed by atoms with Gasteiger partial charge in [0, 0.05) is 31.6 Å². The first-order valence-corrected chi connectivity index (χ1v) is 9.36. The fourth-order valence-electron chi connectivity index (χ4n) is 2.90. The van der Waals surface area contributed by atoms with Gasteiger partial charge in [0.25, 0.3) is 0 Å². The summed E-state index contributed by atoms with van der Waals surface area (Å²) < 4.78 is 38.6. The van der Waals surface area contributed by atoms with Crippen LogP contribution in [0, 0.1) is 5.41 Å². The van der Waals surface area contributed by atoms with E-state index in [1.165, 1.54) is 6.07 Å². The van der Waals surface area contributed by atoms with E-state index in [-0.39, 0.29) is 5.91 Å². The maximum Gasteiger partial charge on any atom is 0.433 e. The second kappa shape index (κ2) is 7.88. The van der Waals surface area contributed by atoms with E-state index < -0.39 is 17.3 Å². The number of rotatable bonds is 3. The Balaban J connectivity index is 1.60. The summed E-state index contributed by atoms with van der Waals surface area (Å²) in [6, 6.07) is 7.58. The van der Waals surface area contributed by atoms with E-state index >= 15 is 0 Å². The molecule has 2 aromatic heterocycles. The lowest BCUT2D eigenvalue weighted by atomic mass is 9.96. The molecule has 1 fully saturated rings. The van der Waals surface area contributed by atoms with Crippen LogP contribution in [0.4, 0.5) is 30.5 Å². The molecule has 0 radical (unpaired) electrons. The summed E-state index contributed by atoms with van der Waals surface area (Å²) in [5.41, 5.74) is -0.487. The van der Waals surface area contributed by atoms with Crippen LogP contribution in [-0.4, -0.2) is 42.1 Å². The Morgan fingerprint density at radius 2 is 1.66 bits per heavy atom. The molecule has 0 aromatic carbocycles. The Labute approximate surface area is 167 Å². The Kier molecular flexibility index (Phi) is 5.68. The fourth-order valence-corrected chi connectivity index (χ4v) is 2.90. The largest absolute Gasteiger partial charge is 0.433 e. The second-order valence-corrected chi connectivity index (χ2v) is 7.96. The van der Waals surface area contributed by atoms with Crippen molar-refractivity contribution in [3.05, 3.63) is 42.2 Å². The van der Waals surface area contributed by atoms with Crippen molar-refractivity contribution in [1.82, 2.24) is 9.97 Å². The van der Waals surface area contributed by atoms with Gasteiger partial charge >= 0.3 is 6.18 Å². The average Bonchev–Trinajstić information content (AvgIpc) is 2.67. The smallest absolute Gasteiger partial charge is 0.367 e. The van der Waals surface area contributed by atoms with E-state index in [2.05, 4.69) is 20.2 Å². The quantitative estimate of drug-likeness (QED) is 0.839. The van der Waals surface area contributed by atoms with Gasteiger partial charge in [-0.25, -0.2) is 9.97 Å². The number of amides is 1. The van der Waals surface area contributed by atoms with Gasteiger partial charge in [-0.3, -0.25) is 4.79 Å². The van der Waals surface area contributed by atoms with E-state index in [1.54, 1.807) is 18.3 Å². The molecule has 1 N–H and O–H groups in total. The van der Waals surface area contributed by atoms with Gasteiger partial charge in [-0.1, -0.05) is 26.8 Å². The number of piperazine rings is 1. The summed E-state index contributed by atoms with van der Waals surface area (Å²) in [6.07, 6.45) is -2.76. The number of hydrogen-bond donors (Lipinski definition) is 1. The molecule has 3 rings (SSSR count). The molecule has 29 heavy (non-hydrogen) atoms. The van der Waals surface area contributed by atoms with Crippen LogP contribution in [0.25, 0.3) is 0 Å². The van der Waals surface area contributed by atoms with E-state index in [1.807, 2.05) is 31.7 Å². The highest BCUT2D eigenvalue weighted by molar-refractivity contribution is 5.93. The molecule has 3 heterocycles. The molecule has 0 aliphatic carbocycles. The highest BCUT2D eigenvalue weighted by Crippen LogP contribution is 2.29. The summed E-state index contributed by atoms with van der Waals surface area (Å²) >= 11 is 0. The van der Waals surface area contributed by atoms with Crippen LogP contribution in [0.15, 0.2) is 36.5 Å². The first-order valence-electron chi connectivity index (χ1n) is 9.36. The Morgan fingerprint density at radius 1 is 1.00 bits per heavy atom. The molecule has 0 unspecified atom stereocenters. The lowest BCUT2D eigenvalue weighted by Crippen LogP contribution is -2.47. The van der Waals surface area contributed by atoms with Gasteiger partial charge in [-0.05, 0) is 24.3 Å². The van der Waals surface area contributed by atoms with Gasteiger partial charge in [-0.2, -0.15) is 13.2 Å². The Hall–Kier alpha value is -2.84. The molecular formula is C20H24F3N5O. The van der Waals surface area contributed by atoms with Crippen LogP contribution in [-0.2, 0) is 11.0 Å². The molecule has 0 bridgehead atoms. The Bertz CT molecular complexity index is 854. The maximum atomic E-state index is 12.9. The van der Waals surface area contributed by atoms with Crippen molar-refractivity contribution in [2.75, 3.05) is 41.3 Å². The highest BCUT2D eigenvalue weighted by atomic mass is 19.4. The molecule has 2 aromatic rings. The van der Waals surface area contributed by atoms with Crippen LogP contribution in [0.1, 0.15) is 26.5 Å². The summed E-state index contributed by atoms with van der Waals surface area (Å²) in [4.78, 5) is 24.0. The van der Waals surface area contributed by atoms with E-state index in [0.717, 1.165) is 11.8 Å². The number of anilines is 3. The van der Waals surface area contributed by atoms with Crippen molar-refractivity contribution in [1.29, 1.82) is 0 Å². The number of aromatic nitrogens is 2. The minimum Gasteiger partial charge on any atom is -0.367 e. The minimum absolute atomic E-state index is 0.111. The summed E-state index contributed by atoms with van der Waals surface area (Å²) in [5, 5.41) is 2.78. The fraction of sp³-hybridized carbons (Fsp3) is 0.450. The lowest BCUT2D eigenvalue weighted by molar-refractivity contribution is -0.141. The molecule has 1 aliphatic heterocycles. The summed E-state index contributed by atoms with van der Waals surface area (Å²) in [6.45, 7) is 7.86. The molecule has 9 heteroatoms. The van der Waals surface area contributed by atoms with Gasteiger partial charge in [-0.15, -0.1) is 0 Å². The van der Waals surface area contributed by atoms with Crippen LogP contribution < -0.4 is 15.1 Å². The van der Waals surface area contributed by atoms with Crippen molar-refractivity contribution >= 4 is 23.2 Å². The Morgan fingerprint density at radius 3 is 2.21 bits per heavy atom. The number of halogens is 3. The van der Waals surface area contributed by atoms with Gasteiger partial charge in [0.15, 0.2) is 0 Å². The highest BCUT2D eigenvalue weighted by Gasteiger charge is 2.33. The number of nitrogens with zero attached hydrogens (tertiary/aromatic N) is 4. The predicted molar refractivity (Wildman–Crippen MR) is 106 cm³/mol. The number of nitrogens with one attached hydrogen (secondary N) is 1. The number of pyridine rings is 2. The molecular weight excluding hydrogens is 383 g/mol. The van der Waals surface area contributed by atoms with Crippen molar-refractivity contribution in [3.63, 3.8) is 0 Å². The third kappa shape index (κ3) is 5.16. The predicted octanol–water partition coefficient (Wildman–Crippen LogP) is 3.81. The van der Waals surface area contributed by atoms with Gasteiger partial charge in [0.1, 0.15) is 17.3 Å². The molecule has 0 saturated carbocycles. The van der Waals surface area contributed by atoms with Crippen molar-refractivity contribution in [3.8, 4) is 0 Å². The van der Waals surface area contributed by atoms with Gasteiger partial charge < -0.3 is 15.1 Å².